The first-order valence-electron chi connectivity index (χ1n) is 7.24. The molecule has 120 valence electrons. The van der Waals surface area contributed by atoms with Crippen LogP contribution >= 0.6 is 0 Å². The average Bonchev–Trinajstić information content (AvgIpc) is 2.45. The molecule has 0 atom stereocenters. The van der Waals surface area contributed by atoms with Crippen LogP contribution in [0.1, 0.15) is 27.2 Å². The Morgan fingerprint density at radius 1 is 1.41 bits per heavy atom. The Morgan fingerprint density at radius 3 is 2.68 bits per heavy atom. The minimum atomic E-state index is -0.652. The molecule has 0 fully saturated rings. The second kappa shape index (κ2) is 6.31. The molecule has 0 saturated heterocycles. The van der Waals surface area contributed by atoms with Gasteiger partial charge < -0.3 is 10.1 Å². The molecule has 1 N–H and O–H groups in total. The Hall–Kier alpha value is -2.15. The minimum Gasteiger partial charge on any atom is -0.443 e. The van der Waals surface area contributed by atoms with Crippen molar-refractivity contribution in [3.8, 4) is 0 Å². The van der Waals surface area contributed by atoms with Crippen LogP contribution in [0.15, 0.2) is 35.2 Å². The van der Waals surface area contributed by atoms with Gasteiger partial charge in [-0.05, 0) is 45.4 Å². The molecule has 0 spiro atoms. The Kier molecular flexibility index (Phi) is 4.65. The summed E-state index contributed by atoms with van der Waals surface area (Å²) in [6.45, 7) is 6.77. The summed E-state index contributed by atoms with van der Waals surface area (Å²) in [7, 11) is 0. The van der Waals surface area contributed by atoms with Crippen LogP contribution in [0.25, 0.3) is 0 Å². The molecule has 2 heterocycles. The number of carbonyl (C=O) groups is 1. The third-order valence-corrected chi connectivity index (χ3v) is 3.29. The first-order chi connectivity index (χ1) is 10.3. The van der Waals surface area contributed by atoms with E-state index in [-0.39, 0.29) is 12.2 Å². The van der Waals surface area contributed by atoms with Crippen LogP contribution in [-0.4, -0.2) is 41.2 Å². The van der Waals surface area contributed by atoms with Crippen LogP contribution < -0.4 is 5.32 Å². The van der Waals surface area contributed by atoms with Crippen LogP contribution in [-0.2, 0) is 4.74 Å². The fourth-order valence-electron chi connectivity index (χ4n) is 2.30. The number of nitrogens with one attached hydrogen (secondary N) is 1. The minimum absolute atomic E-state index is 0.0239. The van der Waals surface area contributed by atoms with Gasteiger partial charge in [0.15, 0.2) is 0 Å². The van der Waals surface area contributed by atoms with Crippen molar-refractivity contribution in [2.45, 2.75) is 32.8 Å². The quantitative estimate of drug-likeness (QED) is 0.624. The van der Waals surface area contributed by atoms with E-state index in [2.05, 4.69) is 5.32 Å². The summed E-state index contributed by atoms with van der Waals surface area (Å²) in [4.78, 5) is 24.3. The highest BCUT2D eigenvalue weighted by atomic mass is 16.6. The molecule has 2 rings (SSSR count). The molecule has 2 aliphatic heterocycles. The highest BCUT2D eigenvalue weighted by Gasteiger charge is 2.32. The standard InChI is InChI=1S/C15H21N3O4/c1-15(2,3)22-14(19)17-10-12(18(20)21)4-5-13(17)11-6-8-16-9-7-11/h4-6,16H,7-10H2,1-3H3. The first-order valence-corrected chi connectivity index (χ1v) is 7.24. The summed E-state index contributed by atoms with van der Waals surface area (Å²) >= 11 is 0. The predicted molar refractivity (Wildman–Crippen MR) is 81.7 cm³/mol. The van der Waals surface area contributed by atoms with Crippen molar-refractivity contribution in [2.24, 2.45) is 0 Å². The summed E-state index contributed by atoms with van der Waals surface area (Å²) in [6.07, 6.45) is 5.29. The van der Waals surface area contributed by atoms with Crippen LogP contribution in [0.3, 0.4) is 0 Å². The molecule has 7 nitrogen and oxygen atoms in total. The normalized spacial score (nSPS) is 19.0. The Balaban J connectivity index is 2.30. The summed E-state index contributed by atoms with van der Waals surface area (Å²) < 4.78 is 5.38. The molecule has 0 aliphatic carbocycles. The zero-order valence-corrected chi connectivity index (χ0v) is 13.1. The van der Waals surface area contributed by atoms with Gasteiger partial charge in [0.2, 0.25) is 0 Å². The van der Waals surface area contributed by atoms with Crippen molar-refractivity contribution in [3.63, 3.8) is 0 Å². The summed E-state index contributed by atoms with van der Waals surface area (Å²) in [5.41, 5.74) is 1.01. The second-order valence-electron chi connectivity index (χ2n) is 6.22. The lowest BCUT2D eigenvalue weighted by Gasteiger charge is -2.31. The van der Waals surface area contributed by atoms with E-state index >= 15 is 0 Å². The molecule has 0 saturated carbocycles. The second-order valence-corrected chi connectivity index (χ2v) is 6.22. The van der Waals surface area contributed by atoms with Crippen LogP contribution in [0, 0.1) is 10.1 Å². The SMILES string of the molecule is CC(C)(C)OC(=O)N1CC([N+](=O)[O-])=CC=C1C1=CCNCC1. The maximum absolute atomic E-state index is 12.4. The van der Waals surface area contributed by atoms with E-state index in [1.54, 1.807) is 26.8 Å². The van der Waals surface area contributed by atoms with E-state index in [1.807, 2.05) is 6.08 Å². The summed E-state index contributed by atoms with van der Waals surface area (Å²) in [5, 5.41) is 14.2. The predicted octanol–water partition coefficient (Wildman–Crippen LogP) is 2.20. The fraction of sp³-hybridized carbons (Fsp3) is 0.533. The lowest BCUT2D eigenvalue weighted by molar-refractivity contribution is -0.427. The van der Waals surface area contributed by atoms with E-state index in [0.29, 0.717) is 5.70 Å². The number of amides is 1. The highest BCUT2D eigenvalue weighted by molar-refractivity contribution is 5.73. The molecule has 2 aliphatic rings. The van der Waals surface area contributed by atoms with Gasteiger partial charge in [0.1, 0.15) is 12.1 Å². The van der Waals surface area contributed by atoms with Gasteiger partial charge in [-0.3, -0.25) is 15.0 Å². The van der Waals surface area contributed by atoms with Gasteiger partial charge in [-0.1, -0.05) is 6.08 Å². The van der Waals surface area contributed by atoms with Crippen LogP contribution in [0.5, 0.6) is 0 Å². The molecule has 0 aromatic heterocycles. The molecule has 7 heteroatoms. The number of nitrogens with zero attached hydrogens (tertiary/aromatic N) is 2. The summed E-state index contributed by atoms with van der Waals surface area (Å²) in [6, 6.07) is 0. The Morgan fingerprint density at radius 2 is 2.14 bits per heavy atom. The molecule has 1 amide bonds. The molecule has 0 bridgehead atoms. The lowest BCUT2D eigenvalue weighted by atomic mass is 10.0. The smallest absolute Gasteiger partial charge is 0.415 e. The third kappa shape index (κ3) is 3.94. The number of carbonyl (C=O) groups excluding carboxylic acids is 1. The number of ether oxygens (including phenoxy) is 1. The van der Waals surface area contributed by atoms with Gasteiger partial charge in [-0.2, -0.15) is 0 Å². The van der Waals surface area contributed by atoms with Gasteiger partial charge in [0.25, 0.3) is 5.70 Å². The molecule has 0 aromatic rings. The highest BCUT2D eigenvalue weighted by Crippen LogP contribution is 2.27. The maximum Gasteiger partial charge on any atom is 0.415 e. The number of rotatable bonds is 2. The van der Waals surface area contributed by atoms with Crippen molar-refractivity contribution in [3.05, 3.63) is 45.3 Å². The van der Waals surface area contributed by atoms with Gasteiger partial charge in [-0.15, -0.1) is 0 Å². The number of hydrogen-bond acceptors (Lipinski definition) is 5. The molecule has 0 unspecified atom stereocenters. The van der Waals surface area contributed by atoms with E-state index in [4.69, 9.17) is 4.74 Å². The summed E-state index contributed by atoms with van der Waals surface area (Å²) in [5.74, 6) is 0. The van der Waals surface area contributed by atoms with Crippen LogP contribution in [0.4, 0.5) is 4.79 Å². The molecule has 22 heavy (non-hydrogen) atoms. The molecule has 0 aromatic carbocycles. The van der Waals surface area contributed by atoms with E-state index < -0.39 is 16.6 Å². The first kappa shape index (κ1) is 16.2. The number of hydrogen-bond donors (Lipinski definition) is 1. The topological polar surface area (TPSA) is 84.7 Å². The zero-order valence-electron chi connectivity index (χ0n) is 13.1. The molecular weight excluding hydrogens is 286 g/mol. The van der Waals surface area contributed by atoms with Gasteiger partial charge in [-0.25, -0.2) is 4.79 Å². The van der Waals surface area contributed by atoms with E-state index in [9.17, 15) is 14.9 Å². The third-order valence-electron chi connectivity index (χ3n) is 3.29. The van der Waals surface area contributed by atoms with Crippen molar-refractivity contribution < 1.29 is 14.5 Å². The van der Waals surface area contributed by atoms with Crippen molar-refractivity contribution >= 4 is 6.09 Å². The van der Waals surface area contributed by atoms with Crippen molar-refractivity contribution in [1.29, 1.82) is 0 Å². The molecule has 0 radical (unpaired) electrons. The van der Waals surface area contributed by atoms with Crippen molar-refractivity contribution in [2.75, 3.05) is 19.6 Å². The van der Waals surface area contributed by atoms with E-state index in [0.717, 1.165) is 25.1 Å². The van der Waals surface area contributed by atoms with Crippen LogP contribution in [0.2, 0.25) is 0 Å². The number of allylic oxidation sites excluding steroid dienone is 3. The Bertz CT molecular complexity index is 570. The fourth-order valence-corrected chi connectivity index (χ4v) is 2.30. The lowest BCUT2D eigenvalue weighted by Crippen LogP contribution is -2.40. The van der Waals surface area contributed by atoms with Gasteiger partial charge >= 0.3 is 6.09 Å². The monoisotopic (exact) mass is 307 g/mol. The zero-order chi connectivity index (χ0) is 16.3. The largest absolute Gasteiger partial charge is 0.443 e. The Labute approximate surface area is 129 Å². The van der Waals surface area contributed by atoms with Crippen molar-refractivity contribution in [1.82, 2.24) is 10.2 Å². The molecular formula is C15H21N3O4. The maximum atomic E-state index is 12.4. The average molecular weight is 307 g/mol. The van der Waals surface area contributed by atoms with E-state index in [1.165, 1.54) is 11.0 Å². The van der Waals surface area contributed by atoms with Gasteiger partial charge in [0, 0.05) is 12.6 Å². The number of nitro groups is 1. The van der Waals surface area contributed by atoms with Gasteiger partial charge in [0.05, 0.1) is 10.6 Å².